The van der Waals surface area contributed by atoms with Crippen molar-refractivity contribution in [2.75, 3.05) is 7.05 Å². The monoisotopic (exact) mass is 472 g/mol. The van der Waals surface area contributed by atoms with Gasteiger partial charge in [0.15, 0.2) is 0 Å². The second-order valence-corrected chi connectivity index (χ2v) is 9.11. The Bertz CT molecular complexity index is 1250. The highest BCUT2D eigenvalue weighted by Gasteiger charge is 2.28. The Kier molecular flexibility index (Phi) is 7.17. The molecule has 0 amide bonds. The number of aromatic nitrogens is 3. The second kappa shape index (κ2) is 10.6. The summed E-state index contributed by atoms with van der Waals surface area (Å²) in [5.41, 5.74) is 13.5. The van der Waals surface area contributed by atoms with Crippen molar-refractivity contribution >= 4 is 11.0 Å². The van der Waals surface area contributed by atoms with Gasteiger partial charge in [-0.3, -0.25) is 19.9 Å². The molecule has 1 aliphatic rings. The average Bonchev–Trinajstić information content (AvgIpc) is 3.29. The Morgan fingerprint density at radius 3 is 2.83 bits per heavy atom. The molecule has 35 heavy (non-hydrogen) atoms. The van der Waals surface area contributed by atoms with Gasteiger partial charge in [-0.2, -0.15) is 0 Å². The van der Waals surface area contributed by atoms with Crippen LogP contribution >= 0.6 is 0 Å². The number of fused-ring (bicyclic) bond motifs is 2. The summed E-state index contributed by atoms with van der Waals surface area (Å²) in [6, 6.07) is 18.8. The Morgan fingerprint density at radius 1 is 1.11 bits per heavy atom. The predicted octanol–water partition coefficient (Wildman–Crippen LogP) is 4.25. The molecule has 1 unspecified atom stereocenters. The minimum Gasteiger partial charge on any atom is -0.341 e. The molecule has 4 aromatic rings. The van der Waals surface area contributed by atoms with E-state index in [1.165, 1.54) is 12.6 Å². The van der Waals surface area contributed by atoms with Crippen molar-refractivity contribution < 1.29 is 10.0 Å². The summed E-state index contributed by atoms with van der Waals surface area (Å²) in [5.74, 6) is 0.931. The second-order valence-electron chi connectivity index (χ2n) is 9.11. The van der Waals surface area contributed by atoms with Crippen LogP contribution in [0.25, 0.3) is 11.0 Å². The zero-order chi connectivity index (χ0) is 24.2. The van der Waals surface area contributed by atoms with Gasteiger partial charge in [-0.15, -0.1) is 0 Å². The SMILES string of the molecule is CN(O)OCc1cc(CN)ccc1CN(Cc1nc2ccccc2[nH]1)C1CCCc2cccnc21. The van der Waals surface area contributed by atoms with Gasteiger partial charge in [-0.25, -0.2) is 4.98 Å². The van der Waals surface area contributed by atoms with Crippen LogP contribution in [0.2, 0.25) is 0 Å². The number of pyridine rings is 1. The van der Waals surface area contributed by atoms with E-state index < -0.39 is 0 Å². The third kappa shape index (κ3) is 5.42. The molecule has 182 valence electrons. The number of aryl methyl sites for hydroxylation is 1. The van der Waals surface area contributed by atoms with E-state index in [0.717, 1.165) is 63.7 Å². The van der Waals surface area contributed by atoms with Crippen molar-refractivity contribution in [3.8, 4) is 0 Å². The average molecular weight is 473 g/mol. The van der Waals surface area contributed by atoms with Gasteiger partial charge < -0.3 is 10.7 Å². The van der Waals surface area contributed by atoms with Crippen molar-refractivity contribution in [1.82, 2.24) is 25.1 Å². The van der Waals surface area contributed by atoms with Crippen LogP contribution in [-0.2, 0) is 37.5 Å². The van der Waals surface area contributed by atoms with Crippen molar-refractivity contribution in [3.05, 3.63) is 94.6 Å². The minimum absolute atomic E-state index is 0.177. The highest BCUT2D eigenvalue weighted by Crippen LogP contribution is 2.35. The molecule has 0 saturated carbocycles. The van der Waals surface area contributed by atoms with Crippen molar-refractivity contribution in [2.24, 2.45) is 5.73 Å². The lowest BCUT2D eigenvalue weighted by atomic mass is 9.90. The van der Waals surface area contributed by atoms with Gasteiger partial charge >= 0.3 is 0 Å². The zero-order valence-electron chi connectivity index (χ0n) is 20.0. The lowest BCUT2D eigenvalue weighted by molar-refractivity contribution is -0.330. The van der Waals surface area contributed by atoms with E-state index in [0.29, 0.717) is 19.6 Å². The summed E-state index contributed by atoms with van der Waals surface area (Å²) >= 11 is 0. The maximum Gasteiger partial charge on any atom is 0.121 e. The van der Waals surface area contributed by atoms with Gasteiger partial charge in [0.25, 0.3) is 0 Å². The van der Waals surface area contributed by atoms with Crippen LogP contribution < -0.4 is 5.73 Å². The number of nitrogens with zero attached hydrogens (tertiary/aromatic N) is 4. The molecule has 0 aliphatic heterocycles. The van der Waals surface area contributed by atoms with E-state index in [9.17, 15) is 5.21 Å². The summed E-state index contributed by atoms with van der Waals surface area (Å²) in [6.07, 6.45) is 5.11. The molecule has 2 aromatic heterocycles. The molecule has 1 aliphatic carbocycles. The van der Waals surface area contributed by atoms with Crippen LogP contribution in [0, 0.1) is 0 Å². The largest absolute Gasteiger partial charge is 0.341 e. The van der Waals surface area contributed by atoms with Crippen molar-refractivity contribution in [3.63, 3.8) is 0 Å². The molecule has 0 fully saturated rings. The van der Waals surface area contributed by atoms with Crippen LogP contribution in [0.5, 0.6) is 0 Å². The van der Waals surface area contributed by atoms with E-state index in [-0.39, 0.29) is 12.6 Å². The Balaban J connectivity index is 1.50. The number of rotatable bonds is 9. The maximum absolute atomic E-state index is 9.55. The molecule has 0 spiro atoms. The Morgan fingerprint density at radius 2 is 2.00 bits per heavy atom. The summed E-state index contributed by atoms with van der Waals surface area (Å²) in [4.78, 5) is 21.0. The molecule has 5 rings (SSSR count). The predicted molar refractivity (Wildman–Crippen MR) is 134 cm³/mol. The van der Waals surface area contributed by atoms with Gasteiger partial charge in [-0.05, 0) is 59.7 Å². The summed E-state index contributed by atoms with van der Waals surface area (Å²) < 4.78 is 0. The molecule has 0 saturated heterocycles. The number of benzene rings is 2. The van der Waals surface area contributed by atoms with E-state index in [2.05, 4.69) is 40.2 Å². The minimum atomic E-state index is 0.177. The molecule has 4 N–H and O–H groups in total. The molecule has 0 radical (unpaired) electrons. The zero-order valence-corrected chi connectivity index (χ0v) is 20.0. The standard InChI is InChI=1S/C27H32N6O2/c1-32(34)35-18-22-14-19(15-28)11-12-21(22)16-33(17-26-30-23-8-2-3-9-24(23)31-26)25-10-4-6-20-7-5-13-29-27(20)25/h2-3,5,7-9,11-14,25,34H,4,6,10,15-18,28H2,1H3,(H,30,31). The first-order valence-corrected chi connectivity index (χ1v) is 12.1. The Hall–Kier alpha value is -3.14. The van der Waals surface area contributed by atoms with E-state index in [1.54, 1.807) is 0 Å². The summed E-state index contributed by atoms with van der Waals surface area (Å²) in [7, 11) is 1.46. The number of nitrogens with one attached hydrogen (secondary N) is 1. The number of hydroxylamine groups is 2. The number of imidazole rings is 1. The highest BCUT2D eigenvalue weighted by atomic mass is 16.9. The normalized spacial score (nSPS) is 15.7. The van der Waals surface area contributed by atoms with E-state index in [1.807, 2.05) is 30.5 Å². The fraction of sp³-hybridized carbons (Fsp3) is 0.333. The number of nitrogens with two attached hydrogens (primary N) is 1. The van der Waals surface area contributed by atoms with Crippen LogP contribution in [0.3, 0.4) is 0 Å². The first-order chi connectivity index (χ1) is 17.1. The van der Waals surface area contributed by atoms with Crippen LogP contribution in [0.15, 0.2) is 60.8 Å². The smallest absolute Gasteiger partial charge is 0.121 e. The topological polar surface area (TPSA) is 104 Å². The van der Waals surface area contributed by atoms with Crippen molar-refractivity contribution in [1.29, 1.82) is 0 Å². The Labute approximate surface area is 205 Å². The van der Waals surface area contributed by atoms with Crippen LogP contribution in [-0.4, -0.2) is 37.3 Å². The lowest BCUT2D eigenvalue weighted by Crippen LogP contribution is -2.32. The first kappa shape index (κ1) is 23.6. The highest BCUT2D eigenvalue weighted by molar-refractivity contribution is 5.74. The third-order valence-electron chi connectivity index (χ3n) is 6.68. The molecule has 2 heterocycles. The molecular formula is C27H32N6O2. The third-order valence-corrected chi connectivity index (χ3v) is 6.68. The number of hydrogen-bond donors (Lipinski definition) is 3. The van der Waals surface area contributed by atoms with E-state index in [4.69, 9.17) is 20.5 Å². The maximum atomic E-state index is 9.55. The van der Waals surface area contributed by atoms with Gasteiger partial charge in [0.1, 0.15) is 5.82 Å². The fourth-order valence-electron chi connectivity index (χ4n) is 4.97. The van der Waals surface area contributed by atoms with Gasteiger partial charge in [0.2, 0.25) is 0 Å². The molecule has 1 atom stereocenters. The molecule has 2 aromatic carbocycles. The summed E-state index contributed by atoms with van der Waals surface area (Å²) in [6.45, 7) is 2.06. The van der Waals surface area contributed by atoms with Crippen molar-refractivity contribution in [2.45, 2.75) is 51.5 Å². The number of H-pyrrole nitrogens is 1. The van der Waals surface area contributed by atoms with Crippen LogP contribution in [0.4, 0.5) is 0 Å². The first-order valence-electron chi connectivity index (χ1n) is 12.1. The van der Waals surface area contributed by atoms with Gasteiger partial charge in [0, 0.05) is 26.3 Å². The molecule has 8 nitrogen and oxygen atoms in total. The summed E-state index contributed by atoms with van der Waals surface area (Å²) in [5, 5.41) is 10.3. The van der Waals surface area contributed by atoms with Gasteiger partial charge in [0.05, 0.1) is 35.9 Å². The number of hydrogen-bond acceptors (Lipinski definition) is 7. The molecule has 8 heteroatoms. The fourth-order valence-corrected chi connectivity index (χ4v) is 4.97. The number of aromatic amines is 1. The molecule has 0 bridgehead atoms. The van der Waals surface area contributed by atoms with E-state index >= 15 is 0 Å². The molecular weight excluding hydrogens is 440 g/mol. The van der Waals surface area contributed by atoms with Gasteiger partial charge in [-0.1, -0.05) is 41.6 Å². The van der Waals surface area contributed by atoms with Crippen LogP contribution in [0.1, 0.15) is 52.7 Å². The number of para-hydroxylation sites is 2. The quantitative estimate of drug-likeness (QED) is 0.313. The lowest BCUT2D eigenvalue weighted by Gasteiger charge is -2.35.